The first-order chi connectivity index (χ1) is 8.98. The van der Waals surface area contributed by atoms with Crippen LogP contribution in [-0.4, -0.2) is 42.7 Å². The number of likely N-dealkylation sites (tertiary alicyclic amines) is 1. The van der Waals surface area contributed by atoms with Crippen molar-refractivity contribution < 1.29 is 18.0 Å². The van der Waals surface area contributed by atoms with Crippen LogP contribution < -0.4 is 0 Å². The number of hydrogen-bond donors (Lipinski definition) is 0. The van der Waals surface area contributed by atoms with E-state index in [-0.39, 0.29) is 47.0 Å². The Hall–Kier alpha value is -1.17. The van der Waals surface area contributed by atoms with E-state index in [1.807, 2.05) is 12.2 Å². The minimum Gasteiger partial charge on any atom is -0.278 e. The molecule has 0 aromatic heterocycles. The van der Waals surface area contributed by atoms with E-state index in [0.29, 0.717) is 6.42 Å². The fourth-order valence-electron chi connectivity index (χ4n) is 4.26. The van der Waals surface area contributed by atoms with Crippen molar-refractivity contribution in [2.45, 2.75) is 18.9 Å². The molecule has 0 unspecified atom stereocenters. The predicted molar refractivity (Wildman–Crippen MR) is 66.6 cm³/mol. The SMILES string of the molecule is O=C1[C@@H]2[C@@H](C(=O)N1[C@H]1CCS(=O)(=O)C1)[C@@H]1C=C[C@@H]2C1. The van der Waals surface area contributed by atoms with Crippen molar-refractivity contribution in [3.8, 4) is 0 Å². The summed E-state index contributed by atoms with van der Waals surface area (Å²) < 4.78 is 23.1. The first-order valence-electron chi connectivity index (χ1n) is 6.73. The second-order valence-electron chi connectivity index (χ2n) is 6.10. The minimum absolute atomic E-state index is 0.0489. The van der Waals surface area contributed by atoms with Crippen molar-refractivity contribution in [1.82, 2.24) is 4.90 Å². The van der Waals surface area contributed by atoms with Crippen LogP contribution in [0.25, 0.3) is 0 Å². The van der Waals surface area contributed by atoms with Crippen molar-refractivity contribution >= 4 is 21.7 Å². The van der Waals surface area contributed by atoms with Crippen molar-refractivity contribution in [3.05, 3.63) is 12.2 Å². The predicted octanol–water partition coefficient (Wildman–Crippen LogP) is -0.0194. The molecule has 5 atom stereocenters. The zero-order valence-corrected chi connectivity index (χ0v) is 11.2. The van der Waals surface area contributed by atoms with Gasteiger partial charge in [0.1, 0.15) is 0 Å². The fourth-order valence-corrected chi connectivity index (χ4v) is 5.96. The van der Waals surface area contributed by atoms with Crippen LogP contribution >= 0.6 is 0 Å². The van der Waals surface area contributed by atoms with Crippen LogP contribution in [0.5, 0.6) is 0 Å². The molecule has 2 saturated heterocycles. The van der Waals surface area contributed by atoms with Crippen LogP contribution in [0.15, 0.2) is 12.2 Å². The lowest BCUT2D eigenvalue weighted by Gasteiger charge is -2.22. The quantitative estimate of drug-likeness (QED) is 0.500. The maximum Gasteiger partial charge on any atom is 0.234 e. The summed E-state index contributed by atoms with van der Waals surface area (Å²) in [6, 6.07) is -0.421. The van der Waals surface area contributed by atoms with Gasteiger partial charge in [-0.1, -0.05) is 12.2 Å². The lowest BCUT2D eigenvalue weighted by molar-refractivity contribution is -0.142. The molecule has 102 valence electrons. The third kappa shape index (κ3) is 1.43. The van der Waals surface area contributed by atoms with Crippen LogP contribution in [0.1, 0.15) is 12.8 Å². The number of carbonyl (C=O) groups is 2. The van der Waals surface area contributed by atoms with Crippen molar-refractivity contribution in [3.63, 3.8) is 0 Å². The molecular formula is C13H15NO4S. The molecule has 4 aliphatic rings. The van der Waals surface area contributed by atoms with Gasteiger partial charge in [0.05, 0.1) is 29.4 Å². The summed E-state index contributed by atoms with van der Waals surface area (Å²) in [5, 5.41) is 0. The van der Waals surface area contributed by atoms with E-state index in [2.05, 4.69) is 0 Å². The monoisotopic (exact) mass is 281 g/mol. The minimum atomic E-state index is -3.08. The van der Waals surface area contributed by atoms with E-state index < -0.39 is 15.9 Å². The molecular weight excluding hydrogens is 266 g/mol. The van der Waals surface area contributed by atoms with Gasteiger partial charge in [-0.2, -0.15) is 0 Å². The largest absolute Gasteiger partial charge is 0.278 e. The van der Waals surface area contributed by atoms with Crippen LogP contribution in [0.3, 0.4) is 0 Å². The molecule has 0 spiro atoms. The molecule has 0 N–H and O–H groups in total. The van der Waals surface area contributed by atoms with Gasteiger partial charge in [0.25, 0.3) is 0 Å². The van der Waals surface area contributed by atoms with Crippen molar-refractivity contribution in [2.75, 3.05) is 11.5 Å². The van der Waals surface area contributed by atoms with E-state index >= 15 is 0 Å². The zero-order valence-electron chi connectivity index (χ0n) is 10.4. The molecule has 0 aromatic rings. The Morgan fingerprint density at radius 2 is 1.63 bits per heavy atom. The van der Waals surface area contributed by atoms with Gasteiger partial charge < -0.3 is 0 Å². The third-order valence-corrected chi connectivity index (χ3v) is 6.83. The van der Waals surface area contributed by atoms with Gasteiger partial charge in [-0.25, -0.2) is 8.42 Å². The highest BCUT2D eigenvalue weighted by molar-refractivity contribution is 7.91. The number of allylic oxidation sites excluding steroid dienone is 2. The van der Waals surface area contributed by atoms with Gasteiger partial charge in [-0.3, -0.25) is 14.5 Å². The Morgan fingerprint density at radius 3 is 2.11 bits per heavy atom. The van der Waals surface area contributed by atoms with Crippen LogP contribution in [0, 0.1) is 23.7 Å². The molecule has 2 amide bonds. The number of amides is 2. The second-order valence-corrected chi connectivity index (χ2v) is 8.33. The highest BCUT2D eigenvalue weighted by Gasteiger charge is 2.60. The number of nitrogens with zero attached hydrogens (tertiary/aromatic N) is 1. The van der Waals surface area contributed by atoms with Crippen molar-refractivity contribution in [1.29, 1.82) is 0 Å². The highest BCUT2D eigenvalue weighted by Crippen LogP contribution is 2.53. The molecule has 19 heavy (non-hydrogen) atoms. The Kier molecular flexibility index (Phi) is 2.13. The Labute approximate surface area is 111 Å². The number of sulfone groups is 1. The van der Waals surface area contributed by atoms with E-state index in [1.165, 1.54) is 4.90 Å². The Balaban J connectivity index is 1.66. The first kappa shape index (κ1) is 11.6. The summed E-state index contributed by atoms with van der Waals surface area (Å²) in [5.74, 6) is -0.273. The summed E-state index contributed by atoms with van der Waals surface area (Å²) in [5.41, 5.74) is 0. The first-order valence-corrected chi connectivity index (χ1v) is 8.56. The van der Waals surface area contributed by atoms with Crippen LogP contribution in [0.4, 0.5) is 0 Å². The molecule has 2 heterocycles. The topological polar surface area (TPSA) is 71.5 Å². The van der Waals surface area contributed by atoms with Crippen molar-refractivity contribution in [2.24, 2.45) is 23.7 Å². The fraction of sp³-hybridized carbons (Fsp3) is 0.692. The maximum atomic E-state index is 12.5. The zero-order chi connectivity index (χ0) is 13.4. The van der Waals surface area contributed by atoms with Gasteiger partial charge in [0.15, 0.2) is 9.84 Å². The molecule has 0 aromatic carbocycles. The molecule has 3 fully saturated rings. The lowest BCUT2D eigenvalue weighted by atomic mass is 9.85. The second kappa shape index (κ2) is 3.48. The smallest absolute Gasteiger partial charge is 0.234 e. The van der Waals surface area contributed by atoms with Crippen LogP contribution in [0.2, 0.25) is 0 Å². The summed E-state index contributed by atoms with van der Waals surface area (Å²) >= 11 is 0. The molecule has 2 aliphatic heterocycles. The average Bonchev–Trinajstić information content (AvgIpc) is 3.04. The van der Waals surface area contributed by atoms with Gasteiger partial charge in [0, 0.05) is 0 Å². The molecule has 5 nitrogen and oxygen atoms in total. The molecule has 1 saturated carbocycles. The van der Waals surface area contributed by atoms with E-state index in [0.717, 1.165) is 6.42 Å². The molecule has 6 heteroatoms. The molecule has 4 rings (SSSR count). The van der Waals surface area contributed by atoms with Gasteiger partial charge in [-0.15, -0.1) is 0 Å². The Morgan fingerprint density at radius 1 is 1.05 bits per heavy atom. The lowest BCUT2D eigenvalue weighted by Crippen LogP contribution is -2.42. The third-order valence-electron chi connectivity index (χ3n) is 5.08. The summed E-state index contributed by atoms with van der Waals surface area (Å²) in [6.45, 7) is 0. The average molecular weight is 281 g/mol. The van der Waals surface area contributed by atoms with E-state index in [4.69, 9.17) is 0 Å². The van der Waals surface area contributed by atoms with Gasteiger partial charge in [-0.05, 0) is 24.7 Å². The van der Waals surface area contributed by atoms with Crippen LogP contribution in [-0.2, 0) is 19.4 Å². The standard InChI is InChI=1S/C13H15NO4S/c15-12-10-7-1-2-8(5-7)11(10)13(16)14(12)9-3-4-19(17,18)6-9/h1-2,7-11H,3-6H2/t7-,8-,9+,10+,11+/m1/s1. The van der Waals surface area contributed by atoms with Gasteiger partial charge >= 0.3 is 0 Å². The summed E-state index contributed by atoms with van der Waals surface area (Å²) in [6.07, 6.45) is 5.41. The number of imide groups is 1. The summed E-state index contributed by atoms with van der Waals surface area (Å²) in [4.78, 5) is 26.2. The number of rotatable bonds is 1. The number of hydrogen-bond acceptors (Lipinski definition) is 4. The number of carbonyl (C=O) groups excluding carboxylic acids is 2. The summed E-state index contributed by atoms with van der Waals surface area (Å²) in [7, 11) is -3.08. The Bertz CT molecular complexity index is 578. The van der Waals surface area contributed by atoms with Gasteiger partial charge in [0.2, 0.25) is 11.8 Å². The molecule has 0 radical (unpaired) electrons. The highest BCUT2D eigenvalue weighted by atomic mass is 32.2. The molecule has 2 bridgehead atoms. The van der Waals surface area contributed by atoms with E-state index in [1.54, 1.807) is 0 Å². The van der Waals surface area contributed by atoms with E-state index in [9.17, 15) is 18.0 Å². The number of fused-ring (bicyclic) bond motifs is 5. The molecule has 2 aliphatic carbocycles. The maximum absolute atomic E-state index is 12.5. The normalized spacial score (nSPS) is 46.3.